The monoisotopic (exact) mass is 215 g/mol. The van der Waals surface area contributed by atoms with Crippen molar-refractivity contribution >= 4 is 5.97 Å². The summed E-state index contributed by atoms with van der Waals surface area (Å²) in [7, 11) is 0. The first-order chi connectivity index (χ1) is 7.22. The number of carboxylic acid groups (broad SMARTS) is 1. The molecule has 1 saturated heterocycles. The van der Waals surface area contributed by atoms with E-state index < -0.39 is 5.97 Å². The predicted octanol–water partition coefficient (Wildman–Crippen LogP) is 1.21. The van der Waals surface area contributed by atoms with Crippen LogP contribution in [0.15, 0.2) is 0 Å². The Bertz CT molecular complexity index is 196. The number of carbonyl (C=O) groups is 1. The number of hydrogen-bond donors (Lipinski definition) is 1. The van der Waals surface area contributed by atoms with E-state index in [4.69, 9.17) is 9.84 Å². The lowest BCUT2D eigenvalue weighted by molar-refractivity contribution is -0.138. The minimum absolute atomic E-state index is 0.115. The average Bonchev–Trinajstić information content (AvgIpc) is 2.24. The summed E-state index contributed by atoms with van der Waals surface area (Å²) in [5, 5.41) is 8.44. The van der Waals surface area contributed by atoms with Crippen molar-refractivity contribution in [1.82, 2.24) is 4.90 Å². The third-order valence-corrected chi connectivity index (χ3v) is 2.86. The molecular formula is C11H21NO3. The van der Waals surface area contributed by atoms with Gasteiger partial charge in [0.2, 0.25) is 0 Å². The number of rotatable bonds is 6. The molecule has 1 atom stereocenters. The molecule has 0 radical (unpaired) electrons. The molecule has 0 bridgehead atoms. The molecule has 1 rings (SSSR count). The van der Waals surface area contributed by atoms with Gasteiger partial charge in [-0.25, -0.2) is 0 Å². The fraction of sp³-hybridized carbons (Fsp3) is 0.909. The molecule has 4 nitrogen and oxygen atoms in total. The van der Waals surface area contributed by atoms with Gasteiger partial charge in [0.15, 0.2) is 0 Å². The normalized spacial score (nSPS) is 22.9. The van der Waals surface area contributed by atoms with E-state index in [0.29, 0.717) is 19.1 Å². The molecule has 88 valence electrons. The third kappa shape index (κ3) is 5.14. The van der Waals surface area contributed by atoms with Crippen LogP contribution in [-0.4, -0.2) is 48.8 Å². The molecule has 0 aromatic carbocycles. The molecule has 0 saturated carbocycles. The number of carboxylic acids is 1. The molecule has 0 aromatic heterocycles. The zero-order valence-electron chi connectivity index (χ0n) is 9.45. The summed E-state index contributed by atoms with van der Waals surface area (Å²) < 4.78 is 5.37. The summed E-state index contributed by atoms with van der Waals surface area (Å²) in [6.07, 6.45) is 2.56. The highest BCUT2D eigenvalue weighted by molar-refractivity contribution is 5.66. The van der Waals surface area contributed by atoms with E-state index in [1.807, 2.05) is 0 Å². The van der Waals surface area contributed by atoms with Crippen LogP contribution in [0.2, 0.25) is 0 Å². The largest absolute Gasteiger partial charge is 0.481 e. The Hall–Kier alpha value is -0.610. The number of ether oxygens (including phenoxy) is 1. The minimum Gasteiger partial charge on any atom is -0.481 e. The van der Waals surface area contributed by atoms with Crippen LogP contribution in [0.3, 0.4) is 0 Å². The molecule has 0 aromatic rings. The molecule has 4 heteroatoms. The van der Waals surface area contributed by atoms with Crippen LogP contribution in [0.25, 0.3) is 0 Å². The van der Waals surface area contributed by atoms with Crippen LogP contribution in [-0.2, 0) is 9.53 Å². The maximum absolute atomic E-state index is 10.3. The van der Waals surface area contributed by atoms with Crippen molar-refractivity contribution in [2.24, 2.45) is 5.92 Å². The Balaban J connectivity index is 2.07. The Kier molecular flexibility index (Phi) is 5.65. The van der Waals surface area contributed by atoms with Crippen LogP contribution in [0.5, 0.6) is 0 Å². The van der Waals surface area contributed by atoms with Gasteiger partial charge in [-0.15, -0.1) is 0 Å². The molecule has 1 fully saturated rings. The van der Waals surface area contributed by atoms with Gasteiger partial charge in [0.1, 0.15) is 0 Å². The van der Waals surface area contributed by atoms with Crippen molar-refractivity contribution < 1.29 is 14.6 Å². The van der Waals surface area contributed by atoms with Crippen LogP contribution in [0.1, 0.15) is 26.2 Å². The zero-order valence-corrected chi connectivity index (χ0v) is 9.45. The number of aliphatic carboxylic acids is 1. The van der Waals surface area contributed by atoms with Crippen molar-refractivity contribution in [3.8, 4) is 0 Å². The fourth-order valence-corrected chi connectivity index (χ4v) is 1.98. The van der Waals surface area contributed by atoms with Gasteiger partial charge in [-0.3, -0.25) is 4.79 Å². The van der Waals surface area contributed by atoms with Crippen molar-refractivity contribution in [2.45, 2.75) is 26.2 Å². The quantitative estimate of drug-likeness (QED) is 0.677. The summed E-state index contributed by atoms with van der Waals surface area (Å²) in [6, 6.07) is 0. The first-order valence-electron chi connectivity index (χ1n) is 5.74. The van der Waals surface area contributed by atoms with Crippen molar-refractivity contribution in [3.63, 3.8) is 0 Å². The summed E-state index contributed by atoms with van der Waals surface area (Å²) in [4.78, 5) is 12.7. The Labute approximate surface area is 91.2 Å². The molecular weight excluding hydrogens is 194 g/mol. The fourth-order valence-electron chi connectivity index (χ4n) is 1.98. The van der Waals surface area contributed by atoms with Gasteiger partial charge in [0.05, 0.1) is 19.6 Å². The van der Waals surface area contributed by atoms with E-state index in [9.17, 15) is 4.79 Å². The minimum atomic E-state index is -0.783. The van der Waals surface area contributed by atoms with Crippen LogP contribution in [0.4, 0.5) is 0 Å². The van der Waals surface area contributed by atoms with Crippen LogP contribution < -0.4 is 0 Å². The second-order valence-electron chi connectivity index (χ2n) is 4.12. The topological polar surface area (TPSA) is 49.8 Å². The molecule has 15 heavy (non-hydrogen) atoms. The second kappa shape index (κ2) is 6.80. The lowest BCUT2D eigenvalue weighted by atomic mass is 9.99. The molecule has 1 aliphatic heterocycles. The van der Waals surface area contributed by atoms with E-state index in [0.717, 1.165) is 13.1 Å². The predicted molar refractivity (Wildman–Crippen MR) is 57.9 cm³/mol. The van der Waals surface area contributed by atoms with Crippen LogP contribution >= 0.6 is 0 Å². The lowest BCUT2D eigenvalue weighted by Gasteiger charge is -2.31. The number of piperidine rings is 1. The summed E-state index contributed by atoms with van der Waals surface area (Å²) in [6.45, 7) is 6.63. The highest BCUT2D eigenvalue weighted by Crippen LogP contribution is 2.16. The maximum Gasteiger partial charge on any atom is 0.305 e. The van der Waals surface area contributed by atoms with E-state index in [1.165, 1.54) is 19.4 Å². The van der Waals surface area contributed by atoms with E-state index in [2.05, 4.69) is 11.8 Å². The number of likely N-dealkylation sites (tertiary alicyclic amines) is 1. The molecule has 1 aliphatic rings. The molecule has 1 unspecified atom stereocenters. The molecule has 1 N–H and O–H groups in total. The smallest absolute Gasteiger partial charge is 0.305 e. The Morgan fingerprint density at radius 3 is 3.07 bits per heavy atom. The van der Waals surface area contributed by atoms with E-state index in [-0.39, 0.29) is 6.42 Å². The van der Waals surface area contributed by atoms with Gasteiger partial charge in [-0.05, 0) is 31.8 Å². The molecule has 0 amide bonds. The molecule has 1 heterocycles. The second-order valence-corrected chi connectivity index (χ2v) is 4.12. The van der Waals surface area contributed by atoms with Gasteiger partial charge >= 0.3 is 5.97 Å². The SMILES string of the molecule is CCN1CCCC(COCCC(=O)O)C1. The van der Waals surface area contributed by atoms with Gasteiger partial charge in [-0.1, -0.05) is 6.92 Å². The highest BCUT2D eigenvalue weighted by Gasteiger charge is 2.18. The summed E-state index contributed by atoms with van der Waals surface area (Å²) in [5.74, 6) is -0.193. The van der Waals surface area contributed by atoms with E-state index >= 15 is 0 Å². The van der Waals surface area contributed by atoms with Crippen molar-refractivity contribution in [1.29, 1.82) is 0 Å². The van der Waals surface area contributed by atoms with E-state index in [1.54, 1.807) is 0 Å². The van der Waals surface area contributed by atoms with Gasteiger partial charge in [0, 0.05) is 6.54 Å². The standard InChI is InChI=1S/C11H21NO3/c1-2-12-6-3-4-10(8-12)9-15-7-5-11(13)14/h10H,2-9H2,1H3,(H,13,14). The lowest BCUT2D eigenvalue weighted by Crippen LogP contribution is -2.37. The first-order valence-corrected chi connectivity index (χ1v) is 5.74. The molecule has 0 spiro atoms. The maximum atomic E-state index is 10.3. The Morgan fingerprint density at radius 1 is 1.60 bits per heavy atom. The zero-order chi connectivity index (χ0) is 11.1. The van der Waals surface area contributed by atoms with Crippen molar-refractivity contribution in [2.75, 3.05) is 32.8 Å². The highest BCUT2D eigenvalue weighted by atomic mass is 16.5. The Morgan fingerprint density at radius 2 is 2.40 bits per heavy atom. The van der Waals surface area contributed by atoms with Gasteiger partial charge < -0.3 is 14.7 Å². The summed E-state index contributed by atoms with van der Waals surface area (Å²) >= 11 is 0. The third-order valence-electron chi connectivity index (χ3n) is 2.86. The number of nitrogens with zero attached hydrogens (tertiary/aromatic N) is 1. The van der Waals surface area contributed by atoms with Crippen molar-refractivity contribution in [3.05, 3.63) is 0 Å². The van der Waals surface area contributed by atoms with Crippen LogP contribution in [0, 0.1) is 5.92 Å². The van der Waals surface area contributed by atoms with Gasteiger partial charge in [0.25, 0.3) is 0 Å². The number of hydrogen-bond acceptors (Lipinski definition) is 3. The molecule has 0 aliphatic carbocycles. The summed E-state index contributed by atoms with van der Waals surface area (Å²) in [5.41, 5.74) is 0. The van der Waals surface area contributed by atoms with Gasteiger partial charge in [-0.2, -0.15) is 0 Å². The average molecular weight is 215 g/mol. The first kappa shape index (κ1) is 12.5.